The number of carbonyl (C=O) groups excluding carboxylic acids is 1. The Hall–Kier alpha value is -2.31. The first kappa shape index (κ1) is 14.6. The third-order valence-corrected chi connectivity index (χ3v) is 4.01. The molecule has 22 heavy (non-hydrogen) atoms. The first-order valence-corrected chi connectivity index (χ1v) is 7.55. The van der Waals surface area contributed by atoms with Crippen molar-refractivity contribution in [2.45, 2.75) is 12.3 Å². The van der Waals surface area contributed by atoms with E-state index in [0.29, 0.717) is 12.2 Å². The van der Waals surface area contributed by atoms with Crippen LogP contribution in [-0.2, 0) is 4.79 Å². The Labute approximate surface area is 134 Å². The van der Waals surface area contributed by atoms with Crippen molar-refractivity contribution in [1.29, 1.82) is 0 Å². The molecule has 0 radical (unpaired) electrons. The van der Waals surface area contributed by atoms with Crippen LogP contribution in [0, 0.1) is 17.8 Å². The molecule has 1 amide bonds. The maximum atomic E-state index is 12.1. The van der Waals surface area contributed by atoms with Gasteiger partial charge in [0, 0.05) is 17.1 Å². The lowest BCUT2D eigenvalue weighted by Crippen LogP contribution is -2.25. The second-order valence-electron chi connectivity index (χ2n) is 5.20. The summed E-state index contributed by atoms with van der Waals surface area (Å²) in [6, 6.07) is 13.3. The molecule has 1 N–H and O–H groups in total. The average Bonchev–Trinajstić information content (AvgIpc) is 3.33. The van der Waals surface area contributed by atoms with Crippen LogP contribution in [0.5, 0.6) is 0 Å². The van der Waals surface area contributed by atoms with Gasteiger partial charge >= 0.3 is 0 Å². The second-order valence-corrected chi connectivity index (χ2v) is 5.61. The lowest BCUT2D eigenvalue weighted by molar-refractivity contribution is -0.122. The molecule has 2 unspecified atom stereocenters. The fraction of sp³-hybridized carbons (Fsp3) is 0.222. The van der Waals surface area contributed by atoms with E-state index in [-0.39, 0.29) is 17.7 Å². The lowest BCUT2D eigenvalue weighted by atomic mass is 10.1. The topological polar surface area (TPSA) is 42.0 Å². The van der Waals surface area contributed by atoms with E-state index >= 15 is 0 Å². The summed E-state index contributed by atoms with van der Waals surface area (Å²) in [4.78, 5) is 16.2. The smallest absolute Gasteiger partial charge is 0.224 e. The summed E-state index contributed by atoms with van der Waals surface area (Å²) in [5.74, 6) is 6.11. The lowest BCUT2D eigenvalue weighted by Gasteiger charge is -2.03. The number of nitrogens with zero attached hydrogens (tertiary/aromatic N) is 1. The predicted molar refractivity (Wildman–Crippen MR) is 86.4 cm³/mol. The molecule has 1 aliphatic rings. The molecule has 110 valence electrons. The number of halogens is 1. The van der Waals surface area contributed by atoms with Gasteiger partial charge < -0.3 is 5.32 Å². The van der Waals surface area contributed by atoms with E-state index in [1.165, 1.54) is 0 Å². The van der Waals surface area contributed by atoms with E-state index in [0.717, 1.165) is 17.0 Å². The normalized spacial score (nSPS) is 19.0. The van der Waals surface area contributed by atoms with E-state index in [1.54, 1.807) is 6.20 Å². The van der Waals surface area contributed by atoms with Crippen molar-refractivity contribution in [3.05, 3.63) is 64.9 Å². The van der Waals surface area contributed by atoms with Gasteiger partial charge in [-0.3, -0.25) is 4.79 Å². The Kier molecular flexibility index (Phi) is 4.41. The van der Waals surface area contributed by atoms with Crippen molar-refractivity contribution in [3.8, 4) is 11.8 Å². The van der Waals surface area contributed by atoms with Gasteiger partial charge in [-0.15, -0.1) is 0 Å². The van der Waals surface area contributed by atoms with E-state index < -0.39 is 0 Å². The highest BCUT2D eigenvalue weighted by Gasteiger charge is 2.44. The molecule has 1 fully saturated rings. The summed E-state index contributed by atoms with van der Waals surface area (Å²) in [5, 5.41) is 3.58. The molecule has 0 aliphatic heterocycles. The fourth-order valence-corrected chi connectivity index (χ4v) is 2.71. The number of hydrogen-bond donors (Lipinski definition) is 1. The highest BCUT2D eigenvalue weighted by molar-refractivity contribution is 6.31. The van der Waals surface area contributed by atoms with Gasteiger partial charge in [0.15, 0.2) is 0 Å². The molecular formula is C18H15ClN2O. The molecule has 0 saturated heterocycles. The van der Waals surface area contributed by atoms with Crippen molar-refractivity contribution < 1.29 is 4.79 Å². The minimum absolute atomic E-state index is 0.0107. The van der Waals surface area contributed by atoms with Crippen molar-refractivity contribution >= 4 is 17.5 Å². The van der Waals surface area contributed by atoms with Gasteiger partial charge in [-0.2, -0.15) is 0 Å². The summed E-state index contributed by atoms with van der Waals surface area (Å²) in [5.41, 5.74) is 1.76. The van der Waals surface area contributed by atoms with Crippen molar-refractivity contribution in [2.75, 3.05) is 6.54 Å². The van der Waals surface area contributed by atoms with Crippen LogP contribution in [0.1, 0.15) is 23.6 Å². The molecular weight excluding hydrogens is 296 g/mol. The summed E-state index contributed by atoms with van der Waals surface area (Å²) in [7, 11) is 0. The number of pyridine rings is 1. The van der Waals surface area contributed by atoms with E-state index in [4.69, 9.17) is 11.6 Å². The molecule has 4 heteroatoms. The Morgan fingerprint density at radius 1 is 1.27 bits per heavy atom. The number of carbonyl (C=O) groups is 1. The molecule has 0 bridgehead atoms. The molecule has 1 aromatic carbocycles. The van der Waals surface area contributed by atoms with Crippen LogP contribution in [0.3, 0.4) is 0 Å². The predicted octanol–water partition coefficient (Wildman–Crippen LogP) is 3.01. The zero-order valence-corrected chi connectivity index (χ0v) is 12.7. The number of hydrogen-bond acceptors (Lipinski definition) is 2. The number of nitrogens with one attached hydrogen (secondary N) is 1. The number of aromatic nitrogens is 1. The second kappa shape index (κ2) is 6.64. The van der Waals surface area contributed by atoms with Crippen LogP contribution in [0.4, 0.5) is 0 Å². The third-order valence-electron chi connectivity index (χ3n) is 3.66. The quantitative estimate of drug-likeness (QED) is 0.886. The Balaban J connectivity index is 1.50. The zero-order valence-electron chi connectivity index (χ0n) is 11.9. The standard InChI is InChI=1S/C18H15ClN2O/c19-17-9-2-1-8-14(17)15-12-16(15)18(22)21-11-5-7-13-6-3-4-10-20-13/h1-4,6,8-10,15-16H,11-12H2,(H,21,22). The summed E-state index contributed by atoms with van der Waals surface area (Å²) in [6.07, 6.45) is 2.55. The zero-order chi connectivity index (χ0) is 15.4. The average molecular weight is 311 g/mol. The summed E-state index contributed by atoms with van der Waals surface area (Å²) >= 11 is 6.16. The number of amides is 1. The monoisotopic (exact) mass is 310 g/mol. The van der Waals surface area contributed by atoms with E-state index in [1.807, 2.05) is 42.5 Å². The van der Waals surface area contributed by atoms with Crippen molar-refractivity contribution in [1.82, 2.24) is 10.3 Å². The van der Waals surface area contributed by atoms with Gasteiger partial charge in [0.1, 0.15) is 5.69 Å². The van der Waals surface area contributed by atoms with Crippen LogP contribution in [0.15, 0.2) is 48.7 Å². The molecule has 1 saturated carbocycles. The molecule has 1 aromatic heterocycles. The molecule has 2 aromatic rings. The Bertz CT molecular complexity index is 733. The molecule has 3 nitrogen and oxygen atoms in total. The van der Waals surface area contributed by atoms with Crippen LogP contribution in [-0.4, -0.2) is 17.4 Å². The van der Waals surface area contributed by atoms with Crippen molar-refractivity contribution in [2.24, 2.45) is 5.92 Å². The Morgan fingerprint density at radius 3 is 2.86 bits per heavy atom. The molecule has 3 rings (SSSR count). The summed E-state index contributed by atoms with van der Waals surface area (Å²) in [6.45, 7) is 0.334. The maximum absolute atomic E-state index is 12.1. The molecule has 2 atom stereocenters. The largest absolute Gasteiger partial charge is 0.345 e. The molecule has 1 aliphatic carbocycles. The maximum Gasteiger partial charge on any atom is 0.224 e. The van der Waals surface area contributed by atoms with E-state index in [9.17, 15) is 4.79 Å². The van der Waals surface area contributed by atoms with Gasteiger partial charge in [-0.25, -0.2) is 4.98 Å². The van der Waals surface area contributed by atoms with Crippen LogP contribution in [0.25, 0.3) is 0 Å². The van der Waals surface area contributed by atoms with Crippen LogP contribution in [0.2, 0.25) is 5.02 Å². The van der Waals surface area contributed by atoms with Gasteiger partial charge in [0.25, 0.3) is 0 Å². The highest BCUT2D eigenvalue weighted by atomic mass is 35.5. The van der Waals surface area contributed by atoms with Gasteiger partial charge in [-0.05, 0) is 42.0 Å². The minimum atomic E-state index is 0.0107. The van der Waals surface area contributed by atoms with Crippen LogP contribution >= 0.6 is 11.6 Å². The van der Waals surface area contributed by atoms with Gasteiger partial charge in [-0.1, -0.05) is 41.8 Å². The number of benzene rings is 1. The Morgan fingerprint density at radius 2 is 2.09 bits per heavy atom. The fourth-order valence-electron chi connectivity index (χ4n) is 2.44. The highest BCUT2D eigenvalue weighted by Crippen LogP contribution is 2.49. The van der Waals surface area contributed by atoms with E-state index in [2.05, 4.69) is 22.1 Å². The minimum Gasteiger partial charge on any atom is -0.345 e. The first-order valence-electron chi connectivity index (χ1n) is 7.18. The SMILES string of the molecule is O=C(NCC#Cc1ccccn1)C1CC1c1ccccc1Cl. The van der Waals surface area contributed by atoms with Crippen LogP contribution < -0.4 is 5.32 Å². The van der Waals surface area contributed by atoms with Gasteiger partial charge in [0.2, 0.25) is 5.91 Å². The summed E-state index contributed by atoms with van der Waals surface area (Å²) < 4.78 is 0. The van der Waals surface area contributed by atoms with Gasteiger partial charge in [0.05, 0.1) is 6.54 Å². The molecule has 0 spiro atoms. The van der Waals surface area contributed by atoms with Crippen molar-refractivity contribution in [3.63, 3.8) is 0 Å². The number of rotatable bonds is 3. The molecule has 1 heterocycles. The first-order chi connectivity index (χ1) is 10.8. The third kappa shape index (κ3) is 3.47.